The molecule has 0 radical (unpaired) electrons. The molecule has 0 N–H and O–H groups in total. The molecule has 0 saturated carbocycles. The van der Waals surface area contributed by atoms with E-state index in [2.05, 4.69) is 180 Å². The second kappa shape index (κ2) is 16.0. The smallest absolute Gasteiger partial charge is 0.0708 e. The predicted octanol–water partition coefficient (Wildman–Crippen LogP) is 12.0. The molecule has 2 aromatic heterocycles. The van der Waals surface area contributed by atoms with Crippen molar-refractivity contribution >= 4 is 47.6 Å². The summed E-state index contributed by atoms with van der Waals surface area (Å²) in [4.78, 5) is 9.33. The van der Waals surface area contributed by atoms with Gasteiger partial charge in [0.05, 0.1) is 11.4 Å². The number of pyridine rings is 2. The van der Waals surface area contributed by atoms with Crippen LogP contribution in [0.3, 0.4) is 0 Å². The second-order valence-electron chi connectivity index (χ2n) is 11.9. The lowest BCUT2D eigenvalue weighted by Gasteiger charge is -2.09. The van der Waals surface area contributed by atoms with E-state index in [1.807, 2.05) is 48.8 Å². The Hall–Kier alpha value is -6.64. The van der Waals surface area contributed by atoms with Crippen molar-refractivity contribution in [3.05, 3.63) is 238 Å². The third kappa shape index (κ3) is 8.07. The third-order valence-electron chi connectivity index (χ3n) is 8.49. The summed E-state index contributed by atoms with van der Waals surface area (Å²) in [7, 11) is 0. The molecule has 7 aromatic rings. The number of aromatic nitrogens is 2. The highest BCUT2D eigenvalue weighted by atomic mass is 14.7. The van der Waals surface area contributed by atoms with Crippen LogP contribution in [0.15, 0.2) is 182 Å². The number of rotatable bonds is 10. The minimum Gasteiger partial charge on any atom is -0.256 e. The van der Waals surface area contributed by atoms with Gasteiger partial charge in [-0.2, -0.15) is 0 Å². The molecular formula is C48H36N2. The van der Waals surface area contributed by atoms with Crippen LogP contribution in [0, 0.1) is 0 Å². The molecule has 0 atom stereocenters. The first-order chi connectivity index (χ1) is 24.8. The molecule has 7 rings (SSSR count). The van der Waals surface area contributed by atoms with Crippen LogP contribution in [0.5, 0.6) is 0 Å². The maximum absolute atomic E-state index is 4.66. The molecular weight excluding hydrogens is 605 g/mol. The van der Waals surface area contributed by atoms with Gasteiger partial charge in [-0.05, 0) is 80.9 Å². The molecule has 50 heavy (non-hydrogen) atoms. The third-order valence-corrected chi connectivity index (χ3v) is 8.49. The van der Waals surface area contributed by atoms with E-state index in [1.165, 1.54) is 0 Å². The van der Waals surface area contributed by atoms with Crippen molar-refractivity contribution < 1.29 is 0 Å². The average molecular weight is 641 g/mol. The highest BCUT2D eigenvalue weighted by molar-refractivity contribution is 5.93. The maximum Gasteiger partial charge on any atom is 0.0708 e. The van der Waals surface area contributed by atoms with Crippen LogP contribution in [0.2, 0.25) is 0 Å². The van der Waals surface area contributed by atoms with E-state index < -0.39 is 0 Å². The van der Waals surface area contributed by atoms with Crippen LogP contribution in [0.1, 0.15) is 55.9 Å². The van der Waals surface area contributed by atoms with Gasteiger partial charge in [0.2, 0.25) is 0 Å². The zero-order valence-electron chi connectivity index (χ0n) is 27.7. The summed E-state index contributed by atoms with van der Waals surface area (Å²) in [5, 5.41) is 0. The van der Waals surface area contributed by atoms with Crippen molar-refractivity contribution in [2.75, 3.05) is 0 Å². The van der Waals surface area contributed by atoms with Crippen LogP contribution in [-0.4, -0.2) is 9.97 Å². The molecule has 0 bridgehead atoms. The molecule has 2 heteroatoms. The lowest BCUT2D eigenvalue weighted by molar-refractivity contribution is 1.27. The molecule has 238 valence electrons. The minimum absolute atomic E-state index is 0.949. The Morgan fingerprint density at radius 3 is 1.06 bits per heavy atom. The van der Waals surface area contributed by atoms with E-state index in [9.17, 15) is 0 Å². The molecule has 0 unspecified atom stereocenters. The molecule has 0 saturated heterocycles. The standard InChI is InChI=1S/C48H36N2/c1-3-17-41(18-4-1)45(47-23-11-13-33-49-47)35-43-21-9-7-15-39(43)31-29-37-25-27-38(28-26-37)30-32-40-16-8-10-22-44(40)36-46(42-19-5-2-6-20-42)48-24-12-14-34-50-48/h1-36H/b31-29?,32-30?,45-35+,46-36+. The minimum atomic E-state index is 0.949. The van der Waals surface area contributed by atoms with Crippen molar-refractivity contribution in [3.8, 4) is 0 Å². The summed E-state index contributed by atoms with van der Waals surface area (Å²) in [6, 6.07) is 58.6. The summed E-state index contributed by atoms with van der Waals surface area (Å²) in [6.07, 6.45) is 16.9. The Labute approximate surface area is 294 Å². The maximum atomic E-state index is 4.66. The van der Waals surface area contributed by atoms with E-state index >= 15 is 0 Å². The van der Waals surface area contributed by atoms with Gasteiger partial charge in [-0.1, -0.05) is 170 Å². The fraction of sp³-hybridized carbons (Fsp3) is 0. The van der Waals surface area contributed by atoms with E-state index in [1.54, 1.807) is 0 Å². The Morgan fingerprint density at radius 2 is 0.680 bits per heavy atom. The van der Waals surface area contributed by atoms with Crippen LogP contribution in [0.25, 0.3) is 47.6 Å². The largest absolute Gasteiger partial charge is 0.256 e. The van der Waals surface area contributed by atoms with Crippen molar-refractivity contribution in [2.45, 2.75) is 0 Å². The molecule has 2 nitrogen and oxygen atoms in total. The molecule has 0 aliphatic rings. The fourth-order valence-electron chi connectivity index (χ4n) is 5.88. The topological polar surface area (TPSA) is 25.8 Å². The second-order valence-corrected chi connectivity index (χ2v) is 11.9. The molecule has 2 heterocycles. The predicted molar refractivity (Wildman–Crippen MR) is 212 cm³/mol. The highest BCUT2D eigenvalue weighted by Gasteiger charge is 2.09. The first kappa shape index (κ1) is 31.9. The monoisotopic (exact) mass is 640 g/mol. The van der Waals surface area contributed by atoms with Crippen molar-refractivity contribution in [1.82, 2.24) is 9.97 Å². The highest BCUT2D eigenvalue weighted by Crippen LogP contribution is 2.28. The van der Waals surface area contributed by atoms with Gasteiger partial charge in [0.15, 0.2) is 0 Å². The molecule has 0 amide bonds. The fourth-order valence-corrected chi connectivity index (χ4v) is 5.88. The van der Waals surface area contributed by atoms with E-state index in [-0.39, 0.29) is 0 Å². The number of benzene rings is 5. The lowest BCUT2D eigenvalue weighted by atomic mass is 9.96. The number of nitrogens with zero attached hydrogens (tertiary/aromatic N) is 2. The van der Waals surface area contributed by atoms with Gasteiger partial charge in [0.25, 0.3) is 0 Å². The van der Waals surface area contributed by atoms with Gasteiger partial charge in [-0.15, -0.1) is 0 Å². The van der Waals surface area contributed by atoms with Crippen LogP contribution in [-0.2, 0) is 0 Å². The average Bonchev–Trinajstić information content (AvgIpc) is 3.20. The summed E-state index contributed by atoms with van der Waals surface area (Å²) < 4.78 is 0. The zero-order chi connectivity index (χ0) is 33.8. The molecule has 0 spiro atoms. The van der Waals surface area contributed by atoms with Crippen LogP contribution < -0.4 is 0 Å². The van der Waals surface area contributed by atoms with Gasteiger partial charge in [0.1, 0.15) is 0 Å². The van der Waals surface area contributed by atoms with Crippen molar-refractivity contribution in [2.24, 2.45) is 0 Å². The Morgan fingerprint density at radius 1 is 0.320 bits per heavy atom. The SMILES string of the molecule is C(=Cc1ccccc1/C=C(\c1ccccc1)c1ccccn1)c1ccc(C=Cc2ccccc2/C=C(\c2ccccc2)c2ccccn2)cc1. The van der Waals surface area contributed by atoms with Gasteiger partial charge < -0.3 is 0 Å². The summed E-state index contributed by atoms with van der Waals surface area (Å²) >= 11 is 0. The lowest BCUT2D eigenvalue weighted by Crippen LogP contribution is -1.92. The summed E-state index contributed by atoms with van der Waals surface area (Å²) in [6.45, 7) is 0. The number of hydrogen-bond donors (Lipinski definition) is 0. The van der Waals surface area contributed by atoms with Crippen LogP contribution in [0.4, 0.5) is 0 Å². The molecule has 0 aliphatic heterocycles. The van der Waals surface area contributed by atoms with Crippen molar-refractivity contribution in [3.63, 3.8) is 0 Å². The first-order valence-electron chi connectivity index (χ1n) is 16.8. The molecule has 5 aromatic carbocycles. The van der Waals surface area contributed by atoms with Gasteiger partial charge in [-0.3, -0.25) is 9.97 Å². The summed E-state index contributed by atoms with van der Waals surface area (Å²) in [5.41, 5.74) is 13.2. The Kier molecular flexibility index (Phi) is 10.2. The Balaban J connectivity index is 1.12. The normalized spacial score (nSPS) is 12.1. The number of hydrogen-bond acceptors (Lipinski definition) is 2. The molecule has 0 aliphatic carbocycles. The van der Waals surface area contributed by atoms with Gasteiger partial charge in [-0.25, -0.2) is 0 Å². The molecule has 0 fully saturated rings. The summed E-state index contributed by atoms with van der Waals surface area (Å²) in [5.74, 6) is 0. The van der Waals surface area contributed by atoms with Crippen molar-refractivity contribution in [1.29, 1.82) is 0 Å². The zero-order valence-corrected chi connectivity index (χ0v) is 27.7. The van der Waals surface area contributed by atoms with Gasteiger partial charge >= 0.3 is 0 Å². The quantitative estimate of drug-likeness (QED) is 0.139. The van der Waals surface area contributed by atoms with E-state index in [4.69, 9.17) is 0 Å². The Bertz CT molecular complexity index is 2020. The van der Waals surface area contributed by atoms with E-state index in [0.717, 1.165) is 67.0 Å². The van der Waals surface area contributed by atoms with Crippen LogP contribution >= 0.6 is 0 Å². The first-order valence-corrected chi connectivity index (χ1v) is 16.8. The van der Waals surface area contributed by atoms with Gasteiger partial charge in [0, 0.05) is 23.5 Å². The van der Waals surface area contributed by atoms with E-state index in [0.29, 0.717) is 0 Å².